The van der Waals surface area contributed by atoms with Gasteiger partial charge in [-0.05, 0) is 23.6 Å². The van der Waals surface area contributed by atoms with Crippen LogP contribution < -0.4 is 11.5 Å². The Morgan fingerprint density at radius 3 is 2.00 bits per heavy atom. The van der Waals surface area contributed by atoms with Gasteiger partial charge in [0, 0.05) is 11.7 Å². The molecule has 2 heteroatoms. The molecule has 0 saturated heterocycles. The molecule has 1 aromatic carbocycles. The van der Waals surface area contributed by atoms with E-state index in [0.29, 0.717) is 5.92 Å². The number of hydrogen-bond donors (Lipinski definition) is 2. The maximum Gasteiger partial charge on any atom is 0.0318 e. The first-order chi connectivity index (χ1) is 5.61. The van der Waals surface area contributed by atoms with Crippen LogP contribution >= 0.6 is 0 Å². The number of nitrogens with two attached hydrogens (primary N) is 2. The summed E-state index contributed by atoms with van der Waals surface area (Å²) in [5.41, 5.74) is 13.4. The zero-order chi connectivity index (χ0) is 9.14. The van der Waals surface area contributed by atoms with Crippen molar-refractivity contribution in [1.82, 2.24) is 0 Å². The summed E-state index contributed by atoms with van der Waals surface area (Å²) in [5, 5.41) is 0. The van der Waals surface area contributed by atoms with Crippen molar-refractivity contribution in [2.75, 3.05) is 5.73 Å². The smallest absolute Gasteiger partial charge is 0.0318 e. The summed E-state index contributed by atoms with van der Waals surface area (Å²) in [5.74, 6) is 0.466. The van der Waals surface area contributed by atoms with Crippen LogP contribution in [0.2, 0.25) is 0 Å². The van der Waals surface area contributed by atoms with Gasteiger partial charge < -0.3 is 11.5 Å². The normalized spacial score (nSPS) is 13.3. The quantitative estimate of drug-likeness (QED) is 0.656. The first-order valence-electron chi connectivity index (χ1n) is 4.22. The molecule has 0 spiro atoms. The lowest BCUT2D eigenvalue weighted by Gasteiger charge is -2.15. The standard InChI is InChI=1S/C10H16N2/c1-7(2)10(12)8-3-5-9(11)6-4-8/h3-7,10H,11-12H2,1-2H3/t10-/m0/s1. The topological polar surface area (TPSA) is 52.0 Å². The van der Waals surface area contributed by atoms with Crippen molar-refractivity contribution in [1.29, 1.82) is 0 Å². The summed E-state index contributed by atoms with van der Waals surface area (Å²) >= 11 is 0. The second kappa shape index (κ2) is 3.59. The molecule has 1 atom stereocenters. The van der Waals surface area contributed by atoms with Gasteiger partial charge in [0.25, 0.3) is 0 Å². The fraction of sp³-hybridized carbons (Fsp3) is 0.400. The van der Waals surface area contributed by atoms with Crippen LogP contribution in [0.4, 0.5) is 5.69 Å². The first-order valence-corrected chi connectivity index (χ1v) is 4.22. The minimum atomic E-state index is 0.116. The van der Waals surface area contributed by atoms with Gasteiger partial charge in [-0.2, -0.15) is 0 Å². The number of nitrogen functional groups attached to an aromatic ring is 1. The highest BCUT2D eigenvalue weighted by molar-refractivity contribution is 5.40. The minimum absolute atomic E-state index is 0.116. The van der Waals surface area contributed by atoms with Gasteiger partial charge in [-0.1, -0.05) is 26.0 Å². The van der Waals surface area contributed by atoms with Gasteiger partial charge in [0.15, 0.2) is 0 Å². The van der Waals surface area contributed by atoms with E-state index in [1.807, 2.05) is 24.3 Å². The Morgan fingerprint density at radius 2 is 1.58 bits per heavy atom. The predicted octanol–water partition coefficient (Wildman–Crippen LogP) is 1.92. The lowest BCUT2D eigenvalue weighted by Crippen LogP contribution is -2.16. The molecule has 0 bridgehead atoms. The number of rotatable bonds is 2. The van der Waals surface area contributed by atoms with Crippen molar-refractivity contribution in [3.63, 3.8) is 0 Å². The third kappa shape index (κ3) is 1.98. The van der Waals surface area contributed by atoms with Gasteiger partial charge in [0.05, 0.1) is 0 Å². The third-order valence-electron chi connectivity index (χ3n) is 2.04. The summed E-state index contributed by atoms with van der Waals surface area (Å²) < 4.78 is 0. The van der Waals surface area contributed by atoms with E-state index in [9.17, 15) is 0 Å². The lowest BCUT2D eigenvalue weighted by molar-refractivity contribution is 0.514. The molecule has 0 fully saturated rings. The Morgan fingerprint density at radius 1 is 1.08 bits per heavy atom. The van der Waals surface area contributed by atoms with Gasteiger partial charge in [0.1, 0.15) is 0 Å². The van der Waals surface area contributed by atoms with Crippen molar-refractivity contribution < 1.29 is 0 Å². The van der Waals surface area contributed by atoms with Crippen LogP contribution in [-0.2, 0) is 0 Å². The zero-order valence-electron chi connectivity index (χ0n) is 7.62. The van der Waals surface area contributed by atoms with Gasteiger partial charge >= 0.3 is 0 Å². The highest BCUT2D eigenvalue weighted by atomic mass is 14.6. The van der Waals surface area contributed by atoms with Crippen molar-refractivity contribution in [2.45, 2.75) is 19.9 Å². The van der Waals surface area contributed by atoms with Gasteiger partial charge in [-0.3, -0.25) is 0 Å². The fourth-order valence-corrected chi connectivity index (χ4v) is 1.10. The van der Waals surface area contributed by atoms with Crippen molar-refractivity contribution >= 4 is 5.69 Å². The van der Waals surface area contributed by atoms with Crippen LogP contribution in [0.3, 0.4) is 0 Å². The molecule has 0 heterocycles. The molecule has 1 aromatic rings. The van der Waals surface area contributed by atoms with Gasteiger partial charge in [0.2, 0.25) is 0 Å². The molecule has 0 aliphatic rings. The van der Waals surface area contributed by atoms with Gasteiger partial charge in [-0.25, -0.2) is 0 Å². The summed E-state index contributed by atoms with van der Waals surface area (Å²) in [4.78, 5) is 0. The molecule has 66 valence electrons. The van der Waals surface area contributed by atoms with Crippen molar-refractivity contribution in [3.8, 4) is 0 Å². The molecule has 0 aromatic heterocycles. The van der Waals surface area contributed by atoms with Crippen LogP contribution in [0, 0.1) is 5.92 Å². The van der Waals surface area contributed by atoms with E-state index in [2.05, 4.69) is 13.8 Å². The van der Waals surface area contributed by atoms with Crippen LogP contribution in [0.1, 0.15) is 25.5 Å². The Balaban J connectivity index is 2.82. The summed E-state index contributed by atoms with van der Waals surface area (Å²) in [7, 11) is 0. The average Bonchev–Trinajstić information content (AvgIpc) is 2.04. The lowest BCUT2D eigenvalue weighted by atomic mass is 9.97. The third-order valence-corrected chi connectivity index (χ3v) is 2.04. The second-order valence-corrected chi connectivity index (χ2v) is 3.44. The van der Waals surface area contributed by atoms with E-state index < -0.39 is 0 Å². The van der Waals surface area contributed by atoms with E-state index in [0.717, 1.165) is 11.3 Å². The maximum atomic E-state index is 5.95. The van der Waals surface area contributed by atoms with Crippen LogP contribution in [0.15, 0.2) is 24.3 Å². The minimum Gasteiger partial charge on any atom is -0.399 e. The molecule has 0 aliphatic heterocycles. The van der Waals surface area contributed by atoms with E-state index in [-0.39, 0.29) is 6.04 Å². The first kappa shape index (κ1) is 9.07. The van der Waals surface area contributed by atoms with E-state index in [4.69, 9.17) is 11.5 Å². The molecular weight excluding hydrogens is 148 g/mol. The largest absolute Gasteiger partial charge is 0.399 e. The zero-order valence-corrected chi connectivity index (χ0v) is 7.62. The Bertz CT molecular complexity index is 239. The fourth-order valence-electron chi connectivity index (χ4n) is 1.10. The Kier molecular flexibility index (Phi) is 2.71. The molecule has 0 saturated carbocycles. The number of hydrogen-bond acceptors (Lipinski definition) is 2. The van der Waals surface area contributed by atoms with E-state index in [1.165, 1.54) is 0 Å². The molecule has 12 heavy (non-hydrogen) atoms. The van der Waals surface area contributed by atoms with Gasteiger partial charge in [-0.15, -0.1) is 0 Å². The van der Waals surface area contributed by atoms with Crippen LogP contribution in [0.25, 0.3) is 0 Å². The maximum absolute atomic E-state index is 5.95. The van der Waals surface area contributed by atoms with Crippen molar-refractivity contribution in [2.24, 2.45) is 11.7 Å². The summed E-state index contributed by atoms with van der Waals surface area (Å²) in [6.07, 6.45) is 0. The highest BCUT2D eigenvalue weighted by Crippen LogP contribution is 2.19. The second-order valence-electron chi connectivity index (χ2n) is 3.44. The summed E-state index contributed by atoms with van der Waals surface area (Å²) in [6.45, 7) is 4.22. The summed E-state index contributed by atoms with van der Waals surface area (Å²) in [6, 6.07) is 7.86. The average molecular weight is 164 g/mol. The molecule has 0 unspecified atom stereocenters. The number of anilines is 1. The molecule has 0 radical (unpaired) electrons. The highest BCUT2D eigenvalue weighted by Gasteiger charge is 2.08. The Labute approximate surface area is 73.6 Å². The SMILES string of the molecule is CC(C)[C@H](N)c1ccc(N)cc1. The Hall–Kier alpha value is -1.02. The number of benzene rings is 1. The van der Waals surface area contributed by atoms with E-state index >= 15 is 0 Å². The predicted molar refractivity (Wildman–Crippen MR) is 52.6 cm³/mol. The molecule has 1 rings (SSSR count). The van der Waals surface area contributed by atoms with Crippen LogP contribution in [-0.4, -0.2) is 0 Å². The molecule has 4 N–H and O–H groups in total. The molecular formula is C10H16N2. The monoisotopic (exact) mass is 164 g/mol. The van der Waals surface area contributed by atoms with Crippen molar-refractivity contribution in [3.05, 3.63) is 29.8 Å². The van der Waals surface area contributed by atoms with E-state index in [1.54, 1.807) is 0 Å². The molecule has 0 aliphatic carbocycles. The molecule has 2 nitrogen and oxygen atoms in total. The molecule has 0 amide bonds. The van der Waals surface area contributed by atoms with Crippen LogP contribution in [0.5, 0.6) is 0 Å².